The molecule has 0 unspecified atom stereocenters. The zero-order valence-corrected chi connectivity index (χ0v) is 22.4. The van der Waals surface area contributed by atoms with Gasteiger partial charge in [-0.3, -0.25) is 10.1 Å². The summed E-state index contributed by atoms with van der Waals surface area (Å²) in [6.07, 6.45) is 5.08. The number of nitrogens with one attached hydrogen (secondary N) is 1. The number of carbonyl (C=O) groups excluding carboxylic acids is 1. The third-order valence-corrected chi connectivity index (χ3v) is 9.34. The summed E-state index contributed by atoms with van der Waals surface area (Å²) in [6.45, 7) is 6.53. The van der Waals surface area contributed by atoms with E-state index in [2.05, 4.69) is 43.2 Å². The maximum atomic E-state index is 13.0. The van der Waals surface area contributed by atoms with Gasteiger partial charge in [0.1, 0.15) is 0 Å². The lowest BCUT2D eigenvalue weighted by molar-refractivity contribution is 0.102. The lowest BCUT2D eigenvalue weighted by Crippen LogP contribution is -2.38. The molecule has 1 aliphatic carbocycles. The van der Waals surface area contributed by atoms with Gasteiger partial charge in [-0.2, -0.15) is 4.31 Å². The average molecular weight is 512 g/mol. The highest BCUT2D eigenvalue weighted by Gasteiger charge is 2.29. The highest BCUT2D eigenvalue weighted by atomic mass is 32.2. The van der Waals surface area contributed by atoms with Gasteiger partial charge in [0.25, 0.3) is 5.91 Å². The number of hydrogen-bond donors (Lipinski definition) is 1. The smallest absolute Gasteiger partial charge is 0.257 e. The van der Waals surface area contributed by atoms with Gasteiger partial charge >= 0.3 is 0 Å². The van der Waals surface area contributed by atoms with Crippen LogP contribution in [0.4, 0.5) is 5.13 Å². The number of carbonyl (C=O) groups is 1. The van der Waals surface area contributed by atoms with Crippen molar-refractivity contribution < 1.29 is 13.2 Å². The number of thiazole rings is 1. The van der Waals surface area contributed by atoms with Crippen molar-refractivity contribution in [2.45, 2.75) is 69.2 Å². The second-order valence-corrected chi connectivity index (χ2v) is 13.0. The van der Waals surface area contributed by atoms with E-state index >= 15 is 0 Å². The molecule has 2 aromatic carbocycles. The Hall–Kier alpha value is -2.55. The zero-order chi connectivity index (χ0) is 25.2. The van der Waals surface area contributed by atoms with E-state index in [1.54, 1.807) is 19.2 Å². The number of benzene rings is 2. The fraction of sp³-hybridized carbons (Fsp3) is 0.407. The molecule has 0 aliphatic heterocycles. The molecule has 8 heteroatoms. The number of hydrogen-bond acceptors (Lipinski definition) is 5. The first kappa shape index (κ1) is 25.5. The van der Waals surface area contributed by atoms with Crippen LogP contribution in [0.2, 0.25) is 0 Å². The molecule has 0 spiro atoms. The summed E-state index contributed by atoms with van der Waals surface area (Å²) in [5, 5.41) is 5.24. The predicted octanol–water partition coefficient (Wildman–Crippen LogP) is 6.31. The quantitative estimate of drug-likeness (QED) is 0.420. The number of aromatic nitrogens is 1. The van der Waals surface area contributed by atoms with Crippen LogP contribution in [0.15, 0.2) is 58.8 Å². The molecule has 0 radical (unpaired) electrons. The van der Waals surface area contributed by atoms with Crippen LogP contribution >= 0.6 is 11.3 Å². The molecule has 6 nitrogen and oxygen atoms in total. The van der Waals surface area contributed by atoms with E-state index in [1.165, 1.54) is 33.3 Å². The third-order valence-electron chi connectivity index (χ3n) is 6.65. The monoisotopic (exact) mass is 511 g/mol. The van der Waals surface area contributed by atoms with Gasteiger partial charge in [-0.1, -0.05) is 64.3 Å². The van der Waals surface area contributed by atoms with Gasteiger partial charge in [-0.25, -0.2) is 13.4 Å². The molecule has 0 saturated heterocycles. The Morgan fingerprint density at radius 3 is 2.23 bits per heavy atom. The molecule has 1 heterocycles. The van der Waals surface area contributed by atoms with E-state index in [4.69, 9.17) is 0 Å². The number of sulfonamides is 1. The van der Waals surface area contributed by atoms with Crippen LogP contribution in [0.5, 0.6) is 0 Å². The van der Waals surface area contributed by atoms with Crippen molar-refractivity contribution >= 4 is 32.4 Å². The third kappa shape index (κ3) is 5.82. The molecule has 4 rings (SSSR count). The van der Waals surface area contributed by atoms with Gasteiger partial charge in [0.2, 0.25) is 10.0 Å². The first-order valence-corrected chi connectivity index (χ1v) is 14.3. The summed E-state index contributed by atoms with van der Waals surface area (Å²) in [4.78, 5) is 17.5. The van der Waals surface area contributed by atoms with Crippen LogP contribution in [0.25, 0.3) is 11.3 Å². The van der Waals surface area contributed by atoms with Gasteiger partial charge < -0.3 is 0 Å². The Balaban J connectivity index is 1.42. The number of anilines is 1. The Bertz CT molecular complexity index is 1270. The molecular weight excluding hydrogens is 478 g/mol. The van der Waals surface area contributed by atoms with E-state index in [-0.39, 0.29) is 22.3 Å². The molecule has 1 aliphatic rings. The van der Waals surface area contributed by atoms with Crippen molar-refractivity contribution in [3.63, 3.8) is 0 Å². The highest BCUT2D eigenvalue weighted by molar-refractivity contribution is 7.89. The topological polar surface area (TPSA) is 79.4 Å². The Labute approximate surface area is 212 Å². The van der Waals surface area contributed by atoms with E-state index in [1.807, 2.05) is 17.5 Å². The summed E-state index contributed by atoms with van der Waals surface area (Å²) >= 11 is 1.36. The highest BCUT2D eigenvalue weighted by Crippen LogP contribution is 2.29. The second-order valence-electron chi connectivity index (χ2n) is 10.2. The zero-order valence-electron chi connectivity index (χ0n) is 20.7. The van der Waals surface area contributed by atoms with Crippen LogP contribution in [0.1, 0.15) is 68.8 Å². The molecule has 1 amide bonds. The number of amides is 1. The standard InChI is InChI=1S/C27H33N3O3S2/c1-27(2,3)21-14-10-19(11-15-21)24-18-34-26(28-24)29-25(31)20-12-16-23(17-13-20)35(32,33)30(4)22-8-6-5-7-9-22/h10-18,22H,5-9H2,1-4H3,(H,28,29,31). The minimum Gasteiger partial charge on any atom is -0.298 e. The molecule has 0 bridgehead atoms. The van der Waals surface area contributed by atoms with Crippen molar-refractivity contribution in [3.05, 3.63) is 65.0 Å². The predicted molar refractivity (Wildman–Crippen MR) is 142 cm³/mol. The van der Waals surface area contributed by atoms with Crippen molar-refractivity contribution in [2.75, 3.05) is 12.4 Å². The lowest BCUT2D eigenvalue weighted by Gasteiger charge is -2.30. The maximum absolute atomic E-state index is 13.0. The molecular formula is C27H33N3O3S2. The van der Waals surface area contributed by atoms with E-state index < -0.39 is 10.0 Å². The van der Waals surface area contributed by atoms with Gasteiger partial charge in [0.15, 0.2) is 5.13 Å². The second kappa shape index (κ2) is 10.2. The Kier molecular flexibility index (Phi) is 7.45. The molecule has 186 valence electrons. The van der Waals surface area contributed by atoms with Crippen LogP contribution < -0.4 is 5.32 Å². The molecule has 1 aromatic heterocycles. The van der Waals surface area contributed by atoms with Crippen LogP contribution in [-0.4, -0.2) is 36.7 Å². The summed E-state index contributed by atoms with van der Waals surface area (Å²) < 4.78 is 27.6. The first-order valence-electron chi connectivity index (χ1n) is 12.0. The van der Waals surface area contributed by atoms with Crippen molar-refractivity contribution in [3.8, 4) is 11.3 Å². The SMILES string of the molecule is CN(C1CCCCC1)S(=O)(=O)c1ccc(C(=O)Nc2nc(-c3ccc(C(C)(C)C)cc3)cs2)cc1. The normalized spacial score (nSPS) is 15.3. The average Bonchev–Trinajstić information content (AvgIpc) is 3.32. The number of nitrogens with zero attached hydrogens (tertiary/aromatic N) is 2. The van der Waals surface area contributed by atoms with Crippen molar-refractivity contribution in [1.82, 2.24) is 9.29 Å². The van der Waals surface area contributed by atoms with Crippen molar-refractivity contribution in [1.29, 1.82) is 0 Å². The fourth-order valence-electron chi connectivity index (χ4n) is 4.36. The lowest BCUT2D eigenvalue weighted by atomic mass is 9.86. The molecule has 1 saturated carbocycles. The fourth-order valence-corrected chi connectivity index (χ4v) is 6.49. The first-order chi connectivity index (χ1) is 16.6. The van der Waals surface area contributed by atoms with Crippen molar-refractivity contribution in [2.24, 2.45) is 0 Å². The summed E-state index contributed by atoms with van der Waals surface area (Å²) in [6, 6.07) is 14.5. The minimum absolute atomic E-state index is 0.0421. The van der Waals surface area contributed by atoms with E-state index in [0.29, 0.717) is 10.7 Å². The molecule has 35 heavy (non-hydrogen) atoms. The van der Waals surface area contributed by atoms with Gasteiger partial charge in [0.05, 0.1) is 10.6 Å². The van der Waals surface area contributed by atoms with Crippen LogP contribution in [-0.2, 0) is 15.4 Å². The van der Waals surface area contributed by atoms with E-state index in [9.17, 15) is 13.2 Å². The van der Waals surface area contributed by atoms with Gasteiger partial charge in [-0.05, 0) is 48.1 Å². The molecule has 0 atom stereocenters. The minimum atomic E-state index is -3.59. The summed E-state index contributed by atoms with van der Waals surface area (Å²) in [5.74, 6) is -0.321. The molecule has 3 aromatic rings. The van der Waals surface area contributed by atoms with E-state index in [0.717, 1.165) is 43.4 Å². The summed E-state index contributed by atoms with van der Waals surface area (Å²) in [7, 11) is -1.93. The maximum Gasteiger partial charge on any atom is 0.257 e. The number of rotatable bonds is 6. The van der Waals surface area contributed by atoms with Gasteiger partial charge in [-0.15, -0.1) is 11.3 Å². The Morgan fingerprint density at radius 2 is 1.63 bits per heavy atom. The Morgan fingerprint density at radius 1 is 1.00 bits per heavy atom. The van der Waals surface area contributed by atoms with Crippen LogP contribution in [0, 0.1) is 0 Å². The summed E-state index contributed by atoms with van der Waals surface area (Å²) in [5.41, 5.74) is 3.51. The van der Waals surface area contributed by atoms with Crippen LogP contribution in [0.3, 0.4) is 0 Å². The molecule has 1 N–H and O–H groups in total. The van der Waals surface area contributed by atoms with Gasteiger partial charge in [0, 0.05) is 29.6 Å². The largest absolute Gasteiger partial charge is 0.298 e. The molecule has 1 fully saturated rings.